The Morgan fingerprint density at radius 2 is 1.95 bits per heavy atom. The third-order valence-electron chi connectivity index (χ3n) is 3.86. The molecule has 0 amide bonds. The first-order chi connectivity index (χ1) is 9.99. The zero-order chi connectivity index (χ0) is 15.3. The van der Waals surface area contributed by atoms with Crippen LogP contribution in [0.2, 0.25) is 0 Å². The number of nitrogens with two attached hydrogens (primary N) is 1. The van der Waals surface area contributed by atoms with Gasteiger partial charge in [0.2, 0.25) is 0 Å². The molecule has 118 valence electrons. The minimum atomic E-state index is -4.05. The molecule has 0 unspecified atom stereocenters. The van der Waals surface area contributed by atoms with E-state index in [-0.39, 0.29) is 12.8 Å². The van der Waals surface area contributed by atoms with Gasteiger partial charge in [-0.2, -0.15) is 13.2 Å². The van der Waals surface area contributed by atoms with Crippen molar-refractivity contribution in [3.8, 4) is 5.75 Å². The van der Waals surface area contributed by atoms with Gasteiger partial charge < -0.3 is 10.5 Å². The Labute approximate surface area is 122 Å². The second-order valence-electron chi connectivity index (χ2n) is 5.36. The van der Waals surface area contributed by atoms with Crippen molar-refractivity contribution in [3.05, 3.63) is 29.8 Å². The van der Waals surface area contributed by atoms with E-state index < -0.39 is 12.1 Å². The van der Waals surface area contributed by atoms with Crippen molar-refractivity contribution in [2.24, 2.45) is 11.7 Å². The van der Waals surface area contributed by atoms with Crippen LogP contribution < -0.4 is 10.5 Å². The normalized spacial score (nSPS) is 17.9. The van der Waals surface area contributed by atoms with E-state index in [1.165, 1.54) is 0 Å². The molecule has 0 aliphatic carbocycles. The van der Waals surface area contributed by atoms with Crippen molar-refractivity contribution < 1.29 is 17.9 Å². The van der Waals surface area contributed by atoms with Gasteiger partial charge in [0.15, 0.2) is 0 Å². The number of alkyl halides is 3. The highest BCUT2D eigenvalue weighted by molar-refractivity contribution is 5.28. The fraction of sp³-hybridized carbons (Fsp3) is 0.600. The third kappa shape index (κ3) is 4.89. The van der Waals surface area contributed by atoms with E-state index in [1.54, 1.807) is 0 Å². The lowest BCUT2D eigenvalue weighted by molar-refractivity contribution is -0.185. The molecule has 3 nitrogen and oxygen atoms in total. The van der Waals surface area contributed by atoms with Gasteiger partial charge >= 0.3 is 6.18 Å². The number of rotatable bonds is 5. The topological polar surface area (TPSA) is 38.5 Å². The maximum absolute atomic E-state index is 12.6. The van der Waals surface area contributed by atoms with Gasteiger partial charge in [-0.05, 0) is 43.6 Å². The van der Waals surface area contributed by atoms with Gasteiger partial charge in [0.05, 0.1) is 5.92 Å². The lowest BCUT2D eigenvalue weighted by atomic mass is 9.96. The average molecular weight is 302 g/mol. The Morgan fingerprint density at radius 1 is 1.24 bits per heavy atom. The molecule has 1 aromatic rings. The molecule has 1 aliphatic rings. The smallest absolute Gasteiger partial charge is 0.391 e. The van der Waals surface area contributed by atoms with Crippen LogP contribution in [0.1, 0.15) is 18.4 Å². The lowest BCUT2D eigenvalue weighted by Crippen LogP contribution is -2.40. The van der Waals surface area contributed by atoms with Crippen LogP contribution in [0, 0.1) is 5.92 Å². The van der Waals surface area contributed by atoms with Crippen LogP contribution in [-0.2, 0) is 6.54 Å². The summed E-state index contributed by atoms with van der Waals surface area (Å²) in [6.45, 7) is 2.55. The number of piperidine rings is 1. The minimum Gasteiger partial charge on any atom is -0.492 e. The first kappa shape index (κ1) is 16.1. The molecule has 0 radical (unpaired) electrons. The predicted molar refractivity (Wildman–Crippen MR) is 75.0 cm³/mol. The van der Waals surface area contributed by atoms with E-state index in [1.807, 2.05) is 29.2 Å². The van der Waals surface area contributed by atoms with E-state index in [0.29, 0.717) is 32.8 Å². The van der Waals surface area contributed by atoms with Crippen LogP contribution in [0.4, 0.5) is 13.2 Å². The maximum atomic E-state index is 12.6. The minimum absolute atomic E-state index is 0.187. The van der Waals surface area contributed by atoms with Crippen LogP contribution >= 0.6 is 0 Å². The van der Waals surface area contributed by atoms with Gasteiger partial charge in [-0.15, -0.1) is 0 Å². The van der Waals surface area contributed by atoms with E-state index >= 15 is 0 Å². The summed E-state index contributed by atoms with van der Waals surface area (Å²) in [4.78, 5) is 2.02. The van der Waals surface area contributed by atoms with Gasteiger partial charge in [0, 0.05) is 13.1 Å². The Hall–Kier alpha value is -1.27. The summed E-state index contributed by atoms with van der Waals surface area (Å²) in [7, 11) is 0. The summed E-state index contributed by atoms with van der Waals surface area (Å²) in [5.41, 5.74) is 6.56. The first-order valence-corrected chi connectivity index (χ1v) is 7.20. The Balaban J connectivity index is 1.70. The van der Waals surface area contributed by atoms with Crippen LogP contribution in [0.5, 0.6) is 5.75 Å². The highest BCUT2D eigenvalue weighted by Gasteiger charge is 2.40. The van der Waals surface area contributed by atoms with E-state index in [2.05, 4.69) is 0 Å². The fourth-order valence-corrected chi connectivity index (χ4v) is 2.54. The van der Waals surface area contributed by atoms with Gasteiger partial charge in [-0.1, -0.05) is 12.1 Å². The van der Waals surface area contributed by atoms with Crippen molar-refractivity contribution in [1.29, 1.82) is 0 Å². The third-order valence-corrected chi connectivity index (χ3v) is 3.86. The van der Waals surface area contributed by atoms with Crippen LogP contribution in [-0.4, -0.2) is 37.3 Å². The molecule has 1 aromatic carbocycles. The van der Waals surface area contributed by atoms with Crippen LogP contribution in [0.15, 0.2) is 24.3 Å². The highest BCUT2D eigenvalue weighted by Crippen LogP contribution is 2.33. The standard InChI is InChI=1S/C15H21F3N2O/c16-15(17,18)13-4-6-20(7-5-13)8-9-21-14-3-1-2-12(10-14)11-19/h1-3,10,13H,4-9,11,19H2. The molecule has 6 heteroatoms. The summed E-state index contributed by atoms with van der Waals surface area (Å²) >= 11 is 0. The zero-order valence-electron chi connectivity index (χ0n) is 11.9. The first-order valence-electron chi connectivity index (χ1n) is 7.20. The molecule has 0 atom stereocenters. The van der Waals surface area contributed by atoms with Gasteiger partial charge in [0.1, 0.15) is 12.4 Å². The van der Waals surface area contributed by atoms with Crippen molar-refractivity contribution in [1.82, 2.24) is 4.90 Å². The summed E-state index contributed by atoms with van der Waals surface area (Å²) < 4.78 is 43.3. The zero-order valence-corrected chi connectivity index (χ0v) is 11.9. The van der Waals surface area contributed by atoms with Crippen molar-refractivity contribution in [3.63, 3.8) is 0 Å². The molecule has 21 heavy (non-hydrogen) atoms. The van der Waals surface area contributed by atoms with Crippen LogP contribution in [0.25, 0.3) is 0 Å². The number of halogens is 3. The predicted octanol–water partition coefficient (Wildman–Crippen LogP) is 2.80. The Bertz CT molecular complexity index is 443. The molecule has 1 aliphatic heterocycles. The quantitative estimate of drug-likeness (QED) is 0.909. The second-order valence-corrected chi connectivity index (χ2v) is 5.36. The molecule has 0 aromatic heterocycles. The molecular formula is C15H21F3N2O. The molecule has 1 fully saturated rings. The largest absolute Gasteiger partial charge is 0.492 e. The molecule has 0 bridgehead atoms. The van der Waals surface area contributed by atoms with Crippen LogP contribution in [0.3, 0.4) is 0 Å². The molecule has 0 saturated carbocycles. The Morgan fingerprint density at radius 3 is 2.57 bits per heavy atom. The fourth-order valence-electron chi connectivity index (χ4n) is 2.54. The van der Waals surface area contributed by atoms with Gasteiger partial charge in [-0.3, -0.25) is 4.90 Å². The number of ether oxygens (including phenoxy) is 1. The Kier molecular flexibility index (Phi) is 5.47. The molecule has 1 heterocycles. The monoisotopic (exact) mass is 302 g/mol. The lowest BCUT2D eigenvalue weighted by Gasteiger charge is -2.32. The number of hydrogen-bond acceptors (Lipinski definition) is 3. The van der Waals surface area contributed by atoms with E-state index in [9.17, 15) is 13.2 Å². The van der Waals surface area contributed by atoms with Gasteiger partial charge in [0.25, 0.3) is 0 Å². The molecular weight excluding hydrogens is 281 g/mol. The van der Waals surface area contributed by atoms with E-state index in [0.717, 1.165) is 11.3 Å². The van der Waals surface area contributed by atoms with E-state index in [4.69, 9.17) is 10.5 Å². The second kappa shape index (κ2) is 7.13. The maximum Gasteiger partial charge on any atom is 0.391 e. The summed E-state index contributed by atoms with van der Waals surface area (Å²) in [6, 6.07) is 7.55. The molecule has 0 spiro atoms. The van der Waals surface area contributed by atoms with Crippen molar-refractivity contribution in [2.75, 3.05) is 26.2 Å². The molecule has 2 N–H and O–H groups in total. The number of nitrogens with zero attached hydrogens (tertiary/aromatic N) is 1. The number of likely N-dealkylation sites (tertiary alicyclic amines) is 1. The van der Waals surface area contributed by atoms with Crippen molar-refractivity contribution >= 4 is 0 Å². The number of hydrogen-bond donors (Lipinski definition) is 1. The highest BCUT2D eigenvalue weighted by atomic mass is 19.4. The average Bonchev–Trinajstić information content (AvgIpc) is 2.47. The van der Waals surface area contributed by atoms with Gasteiger partial charge in [-0.25, -0.2) is 0 Å². The summed E-state index contributed by atoms with van der Waals surface area (Å²) in [5, 5.41) is 0. The SMILES string of the molecule is NCc1cccc(OCCN2CCC(C(F)(F)F)CC2)c1. The van der Waals surface area contributed by atoms with Crippen molar-refractivity contribution in [2.45, 2.75) is 25.6 Å². The summed E-state index contributed by atoms with van der Waals surface area (Å²) in [6.07, 6.45) is -3.68. The molecule has 2 rings (SSSR count). The number of benzene rings is 1. The summed E-state index contributed by atoms with van der Waals surface area (Å²) in [5.74, 6) is -0.390. The molecule has 1 saturated heterocycles.